The van der Waals surface area contributed by atoms with Gasteiger partial charge in [-0.25, -0.2) is 8.42 Å². The van der Waals surface area contributed by atoms with E-state index in [4.69, 9.17) is 5.11 Å². The molecule has 0 saturated heterocycles. The summed E-state index contributed by atoms with van der Waals surface area (Å²) in [7, 11) is -3.82. The van der Waals surface area contributed by atoms with E-state index in [1.165, 1.54) is 13.0 Å². The van der Waals surface area contributed by atoms with E-state index < -0.39 is 21.2 Å². The molecule has 0 radical (unpaired) electrons. The van der Waals surface area contributed by atoms with Crippen LogP contribution in [0.25, 0.3) is 10.8 Å². The fourth-order valence-electron chi connectivity index (χ4n) is 2.60. The number of rotatable bonds is 7. The minimum Gasteiger partial charge on any atom is -0.396 e. The van der Waals surface area contributed by atoms with Gasteiger partial charge in [0.25, 0.3) is 0 Å². The molecule has 0 aliphatic carbocycles. The van der Waals surface area contributed by atoms with Gasteiger partial charge >= 0.3 is 0 Å². The molecule has 0 bridgehead atoms. The summed E-state index contributed by atoms with van der Waals surface area (Å²) in [6, 6.07) is 10.3. The highest BCUT2D eigenvalue weighted by molar-refractivity contribution is 7.91. The molecular weight excluding hydrogens is 316 g/mol. The Bertz CT molecular complexity index is 809. The largest absolute Gasteiger partial charge is 0.396 e. The lowest BCUT2D eigenvalue weighted by Gasteiger charge is -2.17. The van der Waals surface area contributed by atoms with Crippen LogP contribution >= 0.6 is 0 Å². The molecule has 0 aliphatic heterocycles. The van der Waals surface area contributed by atoms with Gasteiger partial charge in [-0.2, -0.15) is 0 Å². The zero-order chi connectivity index (χ0) is 17.1. The molecule has 2 aromatic carbocycles. The molecular formula is C17H20O5S. The summed E-state index contributed by atoms with van der Waals surface area (Å²) in [5.41, 5.74) is -0.967. The molecule has 2 N–H and O–H groups in total. The number of carbonyl (C=O) groups is 1. The summed E-state index contributed by atoms with van der Waals surface area (Å²) in [4.78, 5) is 10.9. The minimum atomic E-state index is -3.82. The first kappa shape index (κ1) is 17.6. The molecule has 0 saturated carbocycles. The van der Waals surface area contributed by atoms with Crippen molar-refractivity contribution in [1.82, 2.24) is 0 Å². The SMILES string of the molecule is CC(O)(C=O)CS(=O)(=O)c1cccc2c(CCCO)cccc12. The first-order valence-electron chi connectivity index (χ1n) is 7.34. The van der Waals surface area contributed by atoms with E-state index in [1.807, 2.05) is 12.1 Å². The van der Waals surface area contributed by atoms with Crippen LogP contribution in [0.2, 0.25) is 0 Å². The summed E-state index contributed by atoms with van der Waals surface area (Å²) in [5, 5.41) is 20.1. The molecule has 6 heteroatoms. The number of aliphatic hydroxyl groups excluding tert-OH is 1. The van der Waals surface area contributed by atoms with Gasteiger partial charge in [0.05, 0.1) is 10.6 Å². The number of hydrogen-bond acceptors (Lipinski definition) is 5. The maximum Gasteiger partial charge on any atom is 0.182 e. The first-order valence-corrected chi connectivity index (χ1v) is 8.99. The maximum atomic E-state index is 12.6. The van der Waals surface area contributed by atoms with E-state index in [9.17, 15) is 18.3 Å². The van der Waals surface area contributed by atoms with Crippen molar-refractivity contribution in [3.63, 3.8) is 0 Å². The Labute approximate surface area is 135 Å². The summed E-state index contributed by atoms with van der Waals surface area (Å²) >= 11 is 0. The van der Waals surface area contributed by atoms with E-state index in [-0.39, 0.29) is 17.8 Å². The molecule has 1 unspecified atom stereocenters. The fourth-order valence-corrected chi connectivity index (χ4v) is 4.39. The molecule has 0 spiro atoms. The van der Waals surface area contributed by atoms with E-state index >= 15 is 0 Å². The predicted molar refractivity (Wildman–Crippen MR) is 88.1 cm³/mol. The van der Waals surface area contributed by atoms with Crippen molar-refractivity contribution in [2.24, 2.45) is 0 Å². The van der Waals surface area contributed by atoms with Gasteiger partial charge in [-0.05, 0) is 36.8 Å². The monoisotopic (exact) mass is 336 g/mol. The van der Waals surface area contributed by atoms with Crippen LogP contribution in [-0.2, 0) is 21.1 Å². The maximum absolute atomic E-state index is 12.6. The number of sulfone groups is 1. The minimum absolute atomic E-state index is 0.0661. The van der Waals surface area contributed by atoms with E-state index in [1.54, 1.807) is 18.2 Å². The van der Waals surface area contributed by atoms with Crippen LogP contribution in [0.15, 0.2) is 41.3 Å². The molecule has 0 aliphatic rings. The van der Waals surface area contributed by atoms with Gasteiger partial charge in [-0.15, -0.1) is 0 Å². The molecule has 0 aromatic heterocycles. The van der Waals surface area contributed by atoms with Crippen LogP contribution < -0.4 is 0 Å². The van der Waals surface area contributed by atoms with Gasteiger partial charge in [0, 0.05) is 12.0 Å². The van der Waals surface area contributed by atoms with E-state index in [2.05, 4.69) is 0 Å². The molecule has 0 fully saturated rings. The Kier molecular flexibility index (Phi) is 5.19. The zero-order valence-corrected chi connectivity index (χ0v) is 13.7. The Morgan fingerprint density at radius 1 is 1.13 bits per heavy atom. The molecule has 5 nitrogen and oxygen atoms in total. The lowest BCUT2D eigenvalue weighted by molar-refractivity contribution is -0.120. The lowest BCUT2D eigenvalue weighted by Crippen LogP contribution is -2.35. The Hall–Kier alpha value is -1.76. The Morgan fingerprint density at radius 3 is 2.43 bits per heavy atom. The third-order valence-electron chi connectivity index (χ3n) is 3.65. The summed E-state index contributed by atoms with van der Waals surface area (Å²) < 4.78 is 25.2. The van der Waals surface area contributed by atoms with Crippen LogP contribution in [0.1, 0.15) is 18.9 Å². The second kappa shape index (κ2) is 6.78. The number of fused-ring (bicyclic) bond motifs is 1. The van der Waals surface area contributed by atoms with Crippen molar-refractivity contribution in [1.29, 1.82) is 0 Å². The van der Waals surface area contributed by atoms with E-state index in [0.717, 1.165) is 10.9 Å². The van der Waals surface area contributed by atoms with Crippen LogP contribution in [0.4, 0.5) is 0 Å². The topological polar surface area (TPSA) is 91.7 Å². The van der Waals surface area contributed by atoms with Gasteiger partial charge < -0.3 is 15.0 Å². The average molecular weight is 336 g/mol. The van der Waals surface area contributed by atoms with Crippen LogP contribution in [-0.4, -0.2) is 42.9 Å². The van der Waals surface area contributed by atoms with Crippen molar-refractivity contribution in [3.8, 4) is 0 Å². The first-order chi connectivity index (χ1) is 10.8. The normalized spacial score (nSPS) is 14.6. The van der Waals surface area contributed by atoms with Crippen LogP contribution in [0.5, 0.6) is 0 Å². The van der Waals surface area contributed by atoms with Crippen molar-refractivity contribution >= 4 is 26.9 Å². The summed E-state index contributed by atoms with van der Waals surface area (Å²) in [6.07, 6.45) is 1.47. The zero-order valence-electron chi connectivity index (χ0n) is 12.9. The molecule has 0 heterocycles. The Balaban J connectivity index is 2.56. The molecule has 124 valence electrons. The standard InChI is InChI=1S/C17H20O5S/c1-17(20,11-19)12-23(21,22)16-9-3-7-14-13(6-4-10-18)5-2-8-15(14)16/h2-3,5,7-9,11,18,20H,4,6,10,12H2,1H3. The number of aryl methyl sites for hydroxylation is 1. The molecule has 1 atom stereocenters. The van der Waals surface area contributed by atoms with Crippen LogP contribution in [0.3, 0.4) is 0 Å². The van der Waals surface area contributed by atoms with Gasteiger partial charge in [0.15, 0.2) is 16.1 Å². The highest BCUT2D eigenvalue weighted by Gasteiger charge is 2.30. The molecule has 2 rings (SSSR count). The molecule has 0 amide bonds. The van der Waals surface area contributed by atoms with E-state index in [0.29, 0.717) is 18.2 Å². The van der Waals surface area contributed by atoms with Gasteiger partial charge in [-0.1, -0.05) is 30.3 Å². The number of carbonyl (C=O) groups excluding carboxylic acids is 1. The molecule has 2 aromatic rings. The lowest BCUT2D eigenvalue weighted by atomic mass is 10.0. The van der Waals surface area contributed by atoms with Crippen molar-refractivity contribution < 1.29 is 23.4 Å². The third-order valence-corrected chi connectivity index (χ3v) is 5.64. The Morgan fingerprint density at radius 2 is 1.78 bits per heavy atom. The van der Waals surface area contributed by atoms with Gasteiger partial charge in [0.2, 0.25) is 0 Å². The number of aldehydes is 1. The number of aliphatic hydroxyl groups is 2. The highest BCUT2D eigenvalue weighted by atomic mass is 32.2. The van der Waals surface area contributed by atoms with Crippen molar-refractivity contribution in [2.75, 3.05) is 12.4 Å². The van der Waals surface area contributed by atoms with Gasteiger partial charge in [0.1, 0.15) is 5.60 Å². The van der Waals surface area contributed by atoms with Gasteiger partial charge in [-0.3, -0.25) is 0 Å². The highest BCUT2D eigenvalue weighted by Crippen LogP contribution is 2.28. The van der Waals surface area contributed by atoms with Crippen molar-refractivity contribution in [2.45, 2.75) is 30.3 Å². The predicted octanol–water partition coefficient (Wildman–Crippen LogP) is 1.49. The summed E-state index contributed by atoms with van der Waals surface area (Å²) in [5.74, 6) is -0.663. The third kappa shape index (κ3) is 3.96. The van der Waals surface area contributed by atoms with Crippen LogP contribution in [0, 0.1) is 0 Å². The average Bonchev–Trinajstić information content (AvgIpc) is 2.51. The second-order valence-corrected chi connectivity index (χ2v) is 7.79. The fraction of sp³-hybridized carbons (Fsp3) is 0.353. The smallest absolute Gasteiger partial charge is 0.182 e. The second-order valence-electron chi connectivity index (χ2n) is 5.83. The number of benzene rings is 2. The quantitative estimate of drug-likeness (QED) is 0.748. The van der Waals surface area contributed by atoms with Crippen molar-refractivity contribution in [3.05, 3.63) is 42.0 Å². The summed E-state index contributed by atoms with van der Waals surface area (Å²) in [6.45, 7) is 1.24. The molecule has 23 heavy (non-hydrogen) atoms. The number of hydrogen-bond donors (Lipinski definition) is 2.